The first-order chi connectivity index (χ1) is 11.4. The number of rotatable bonds is 2. The van der Waals surface area contributed by atoms with Gasteiger partial charge < -0.3 is 4.74 Å². The Hall–Kier alpha value is -2.88. The first-order valence-electron chi connectivity index (χ1n) is 7.85. The van der Waals surface area contributed by atoms with Crippen molar-refractivity contribution in [3.63, 3.8) is 0 Å². The number of aromatic nitrogens is 1. The number of nitrogens with zero attached hydrogens (tertiary/aromatic N) is 1. The summed E-state index contributed by atoms with van der Waals surface area (Å²) in [5.74, 6) is 0. The highest BCUT2D eigenvalue weighted by Crippen LogP contribution is 2.29. The van der Waals surface area contributed by atoms with Crippen LogP contribution in [-0.2, 0) is 4.74 Å². The van der Waals surface area contributed by atoms with Gasteiger partial charge in [0.2, 0.25) is 0 Å². The molecule has 1 aromatic heterocycles. The van der Waals surface area contributed by atoms with E-state index in [9.17, 15) is 4.79 Å². The molecule has 24 heavy (non-hydrogen) atoms. The van der Waals surface area contributed by atoms with Crippen molar-refractivity contribution in [2.45, 2.75) is 26.4 Å². The van der Waals surface area contributed by atoms with Gasteiger partial charge in [0.25, 0.3) is 0 Å². The van der Waals surface area contributed by atoms with Gasteiger partial charge in [-0.05, 0) is 55.5 Å². The fourth-order valence-corrected chi connectivity index (χ4v) is 2.53. The second-order valence-corrected chi connectivity index (χ2v) is 6.61. The van der Waals surface area contributed by atoms with E-state index in [1.54, 1.807) is 6.20 Å². The van der Waals surface area contributed by atoms with E-state index in [1.165, 1.54) is 0 Å². The van der Waals surface area contributed by atoms with Crippen LogP contribution < -0.4 is 5.32 Å². The van der Waals surface area contributed by atoms with Crippen LogP contribution in [0.4, 0.5) is 10.5 Å². The third kappa shape index (κ3) is 3.71. The molecule has 1 heterocycles. The Labute approximate surface area is 141 Å². The molecule has 3 rings (SSSR count). The summed E-state index contributed by atoms with van der Waals surface area (Å²) in [6.45, 7) is 5.52. The Morgan fingerprint density at radius 3 is 2.50 bits per heavy atom. The number of carbonyl (C=O) groups is 1. The van der Waals surface area contributed by atoms with Crippen molar-refractivity contribution < 1.29 is 9.53 Å². The second kappa shape index (κ2) is 6.32. The fraction of sp³-hybridized carbons (Fsp3) is 0.200. The summed E-state index contributed by atoms with van der Waals surface area (Å²) < 4.78 is 5.26. The predicted octanol–water partition coefficient (Wildman–Crippen LogP) is 5.25. The molecule has 0 aliphatic carbocycles. The quantitative estimate of drug-likeness (QED) is 0.701. The lowest BCUT2D eigenvalue weighted by molar-refractivity contribution is 0.0636. The molecular weight excluding hydrogens is 300 g/mol. The van der Waals surface area contributed by atoms with E-state index < -0.39 is 11.7 Å². The van der Waals surface area contributed by atoms with Crippen molar-refractivity contribution in [1.29, 1.82) is 0 Å². The monoisotopic (exact) mass is 320 g/mol. The van der Waals surface area contributed by atoms with Gasteiger partial charge >= 0.3 is 6.09 Å². The zero-order valence-electron chi connectivity index (χ0n) is 14.0. The number of nitrogens with one attached hydrogen (secondary N) is 1. The molecule has 4 nitrogen and oxygen atoms in total. The van der Waals surface area contributed by atoms with E-state index in [-0.39, 0.29) is 0 Å². The molecule has 0 saturated carbocycles. The Kier molecular flexibility index (Phi) is 4.21. The van der Waals surface area contributed by atoms with Crippen LogP contribution in [0.25, 0.3) is 21.9 Å². The summed E-state index contributed by atoms with van der Waals surface area (Å²) in [6.07, 6.45) is 3.20. The molecule has 1 amide bonds. The van der Waals surface area contributed by atoms with Gasteiger partial charge in [0.1, 0.15) is 5.60 Å². The van der Waals surface area contributed by atoms with Gasteiger partial charge in [-0.25, -0.2) is 4.79 Å². The summed E-state index contributed by atoms with van der Waals surface area (Å²) in [5.41, 5.74) is 2.41. The second-order valence-electron chi connectivity index (χ2n) is 6.61. The third-order valence-electron chi connectivity index (χ3n) is 3.52. The summed E-state index contributed by atoms with van der Waals surface area (Å²) in [7, 11) is 0. The van der Waals surface area contributed by atoms with Gasteiger partial charge in [0.15, 0.2) is 0 Å². The van der Waals surface area contributed by atoms with Crippen molar-refractivity contribution in [3.05, 3.63) is 60.9 Å². The standard InChI is InChI=1S/C20H20N2O2/c1-20(2,3)24-19(23)22-16-9-7-14(8-10-16)17-6-4-5-15-13-21-12-11-18(15)17/h4-13H,1-3H3,(H,22,23). The van der Waals surface area contributed by atoms with Crippen LogP contribution in [0.5, 0.6) is 0 Å². The predicted molar refractivity (Wildman–Crippen MR) is 97.0 cm³/mol. The number of anilines is 1. The van der Waals surface area contributed by atoms with E-state index in [0.29, 0.717) is 5.69 Å². The lowest BCUT2D eigenvalue weighted by Crippen LogP contribution is -2.27. The largest absolute Gasteiger partial charge is 0.444 e. The normalized spacial score (nSPS) is 11.3. The lowest BCUT2D eigenvalue weighted by Gasteiger charge is -2.19. The average molecular weight is 320 g/mol. The molecule has 4 heteroatoms. The van der Waals surface area contributed by atoms with E-state index in [2.05, 4.69) is 16.4 Å². The van der Waals surface area contributed by atoms with E-state index >= 15 is 0 Å². The number of hydrogen-bond donors (Lipinski definition) is 1. The van der Waals surface area contributed by atoms with E-state index in [1.807, 2.05) is 69.4 Å². The maximum Gasteiger partial charge on any atom is 0.412 e. The number of hydrogen-bond acceptors (Lipinski definition) is 3. The molecule has 0 radical (unpaired) electrons. The molecule has 0 aliphatic heterocycles. The van der Waals surface area contributed by atoms with Crippen molar-refractivity contribution in [2.24, 2.45) is 0 Å². The van der Waals surface area contributed by atoms with Crippen LogP contribution in [0.2, 0.25) is 0 Å². The van der Waals surface area contributed by atoms with Crippen LogP contribution in [0.1, 0.15) is 20.8 Å². The van der Waals surface area contributed by atoms with Gasteiger partial charge in [-0.2, -0.15) is 0 Å². The maximum atomic E-state index is 11.8. The number of amides is 1. The number of carbonyl (C=O) groups excluding carboxylic acids is 1. The summed E-state index contributed by atoms with van der Waals surface area (Å²) >= 11 is 0. The van der Waals surface area contributed by atoms with Crippen LogP contribution in [0.3, 0.4) is 0 Å². The Balaban J connectivity index is 1.83. The minimum Gasteiger partial charge on any atom is -0.444 e. The van der Waals surface area contributed by atoms with Gasteiger partial charge in [-0.3, -0.25) is 10.3 Å². The zero-order chi connectivity index (χ0) is 17.2. The molecule has 0 bridgehead atoms. The van der Waals surface area contributed by atoms with Crippen molar-refractivity contribution in [3.8, 4) is 11.1 Å². The summed E-state index contributed by atoms with van der Waals surface area (Å²) in [5, 5.41) is 5.00. The van der Waals surface area contributed by atoms with Crippen molar-refractivity contribution in [2.75, 3.05) is 5.32 Å². The van der Waals surface area contributed by atoms with E-state index in [4.69, 9.17) is 4.74 Å². The highest BCUT2D eigenvalue weighted by Gasteiger charge is 2.16. The molecule has 0 atom stereocenters. The number of ether oxygens (including phenoxy) is 1. The van der Waals surface area contributed by atoms with Crippen LogP contribution >= 0.6 is 0 Å². The van der Waals surface area contributed by atoms with Gasteiger partial charge in [0.05, 0.1) is 0 Å². The van der Waals surface area contributed by atoms with Gasteiger partial charge in [-0.1, -0.05) is 30.3 Å². The average Bonchev–Trinajstić information content (AvgIpc) is 2.53. The third-order valence-corrected chi connectivity index (χ3v) is 3.52. The minimum atomic E-state index is -0.513. The molecule has 0 spiro atoms. The Morgan fingerprint density at radius 1 is 1.04 bits per heavy atom. The van der Waals surface area contributed by atoms with Gasteiger partial charge in [0, 0.05) is 23.5 Å². The Morgan fingerprint density at radius 2 is 1.79 bits per heavy atom. The first-order valence-corrected chi connectivity index (χ1v) is 7.85. The molecule has 2 aromatic carbocycles. The van der Waals surface area contributed by atoms with Gasteiger partial charge in [-0.15, -0.1) is 0 Å². The molecular formula is C20H20N2O2. The highest BCUT2D eigenvalue weighted by molar-refractivity contribution is 5.96. The molecule has 0 aliphatic rings. The number of fused-ring (bicyclic) bond motifs is 1. The molecule has 0 saturated heterocycles. The molecule has 0 unspecified atom stereocenters. The van der Waals surface area contributed by atoms with Crippen molar-refractivity contribution in [1.82, 2.24) is 4.98 Å². The maximum absolute atomic E-state index is 11.8. The summed E-state index contributed by atoms with van der Waals surface area (Å²) in [6, 6.07) is 15.9. The zero-order valence-corrected chi connectivity index (χ0v) is 14.0. The Bertz CT molecular complexity index is 859. The minimum absolute atomic E-state index is 0.452. The van der Waals surface area contributed by atoms with Crippen LogP contribution in [0, 0.1) is 0 Å². The van der Waals surface area contributed by atoms with Crippen LogP contribution in [0.15, 0.2) is 60.9 Å². The smallest absolute Gasteiger partial charge is 0.412 e. The number of benzene rings is 2. The first kappa shape index (κ1) is 16.0. The molecule has 122 valence electrons. The van der Waals surface area contributed by atoms with Crippen LogP contribution in [-0.4, -0.2) is 16.7 Å². The molecule has 3 aromatic rings. The molecule has 1 N–H and O–H groups in total. The lowest BCUT2D eigenvalue weighted by atomic mass is 9.99. The number of pyridine rings is 1. The molecule has 0 fully saturated rings. The van der Waals surface area contributed by atoms with Crippen molar-refractivity contribution >= 4 is 22.6 Å². The summed E-state index contributed by atoms with van der Waals surface area (Å²) in [4.78, 5) is 16.0. The highest BCUT2D eigenvalue weighted by atomic mass is 16.6. The fourth-order valence-electron chi connectivity index (χ4n) is 2.53. The van der Waals surface area contributed by atoms with E-state index in [0.717, 1.165) is 21.9 Å². The topological polar surface area (TPSA) is 51.2 Å². The SMILES string of the molecule is CC(C)(C)OC(=O)Nc1ccc(-c2cccc3cnccc23)cc1.